The lowest BCUT2D eigenvalue weighted by Crippen LogP contribution is -2.58. The van der Waals surface area contributed by atoms with Gasteiger partial charge in [-0.05, 0) is 24.8 Å². The summed E-state index contributed by atoms with van der Waals surface area (Å²) in [5.41, 5.74) is 17.1. The minimum atomic E-state index is -1.62. The molecule has 0 aromatic heterocycles. The first-order valence-corrected chi connectivity index (χ1v) is 11.9. The molecule has 0 aliphatic carbocycles. The van der Waals surface area contributed by atoms with Crippen molar-refractivity contribution in [1.82, 2.24) is 16.0 Å². The number of carbonyl (C=O) groups is 5. The number of nitrogens with zero attached hydrogens (tertiary/aromatic N) is 1. The van der Waals surface area contributed by atoms with Crippen LogP contribution in [0.3, 0.4) is 0 Å². The zero-order valence-corrected chi connectivity index (χ0v) is 20.9. The second kappa shape index (κ2) is 16.0. The molecule has 0 saturated heterocycles. The van der Waals surface area contributed by atoms with Gasteiger partial charge in [0.2, 0.25) is 17.7 Å². The van der Waals surface area contributed by atoms with E-state index in [1.807, 2.05) is 6.07 Å². The molecule has 0 fully saturated rings. The Kier molecular flexibility index (Phi) is 13.5. The van der Waals surface area contributed by atoms with E-state index in [0.717, 1.165) is 5.56 Å². The van der Waals surface area contributed by atoms with Gasteiger partial charge in [0.25, 0.3) is 0 Å². The lowest BCUT2D eigenvalue weighted by Gasteiger charge is -2.24. The van der Waals surface area contributed by atoms with Crippen molar-refractivity contribution in [3.05, 3.63) is 35.9 Å². The van der Waals surface area contributed by atoms with Gasteiger partial charge in [-0.1, -0.05) is 30.3 Å². The van der Waals surface area contributed by atoms with E-state index in [2.05, 4.69) is 33.6 Å². The Hall–Kier alpha value is -3.85. The molecule has 14 nitrogen and oxygen atoms in total. The Morgan fingerprint density at radius 2 is 1.46 bits per heavy atom. The number of rotatable bonds is 16. The van der Waals surface area contributed by atoms with Gasteiger partial charge in [-0.3, -0.25) is 24.2 Å². The molecule has 204 valence electrons. The van der Waals surface area contributed by atoms with Crippen molar-refractivity contribution in [3.8, 4) is 0 Å². The molecule has 0 spiro atoms. The number of guanidine groups is 1. The third kappa shape index (κ3) is 12.1. The number of thiol groups is 1. The fourth-order valence-electron chi connectivity index (χ4n) is 3.12. The van der Waals surface area contributed by atoms with Gasteiger partial charge in [0.1, 0.15) is 18.1 Å². The van der Waals surface area contributed by atoms with Crippen molar-refractivity contribution in [2.24, 2.45) is 22.2 Å². The first kappa shape index (κ1) is 31.2. The van der Waals surface area contributed by atoms with Crippen molar-refractivity contribution in [1.29, 1.82) is 0 Å². The Morgan fingerprint density at radius 1 is 0.892 bits per heavy atom. The molecule has 1 rings (SSSR count). The number of carboxylic acids is 2. The number of hydrogen-bond donors (Lipinski definition) is 9. The predicted molar refractivity (Wildman–Crippen MR) is 138 cm³/mol. The van der Waals surface area contributed by atoms with Crippen LogP contribution in [0.15, 0.2) is 35.3 Å². The molecule has 15 heteroatoms. The van der Waals surface area contributed by atoms with Crippen molar-refractivity contribution in [2.75, 3.05) is 12.3 Å². The number of nitrogens with two attached hydrogens (primary N) is 3. The Bertz CT molecular complexity index is 973. The van der Waals surface area contributed by atoms with E-state index in [1.54, 1.807) is 24.3 Å². The van der Waals surface area contributed by atoms with Crippen LogP contribution in [0.5, 0.6) is 0 Å². The van der Waals surface area contributed by atoms with Gasteiger partial charge < -0.3 is 43.4 Å². The van der Waals surface area contributed by atoms with Crippen LogP contribution in [-0.2, 0) is 30.4 Å². The predicted octanol–water partition coefficient (Wildman–Crippen LogP) is -2.45. The fraction of sp³-hybridized carbons (Fsp3) is 0.455. The molecule has 0 radical (unpaired) electrons. The maximum absolute atomic E-state index is 12.7. The second-order valence-electron chi connectivity index (χ2n) is 8.05. The van der Waals surface area contributed by atoms with Crippen LogP contribution in [0, 0.1) is 0 Å². The molecule has 0 heterocycles. The minimum Gasteiger partial charge on any atom is -0.481 e. The lowest BCUT2D eigenvalue weighted by molar-refractivity contribution is -0.143. The lowest BCUT2D eigenvalue weighted by atomic mass is 10.1. The van der Waals surface area contributed by atoms with Crippen LogP contribution in [0.1, 0.15) is 24.8 Å². The van der Waals surface area contributed by atoms with Crippen molar-refractivity contribution in [3.63, 3.8) is 0 Å². The molecule has 37 heavy (non-hydrogen) atoms. The molecule has 0 saturated carbocycles. The van der Waals surface area contributed by atoms with E-state index in [9.17, 15) is 34.2 Å². The maximum atomic E-state index is 12.7. The standard InChI is InChI=1S/C22H33N7O7S/c23-13(9-12-5-2-1-3-6-12)18(32)29-16(11-37)20(34)28-15(10-17(30)31)19(33)27-14(21(35)36)7-4-8-26-22(24)25/h1-3,5-6,13-16,37H,4,7-11,23H2,(H,27,33)(H,28,34)(H,29,32)(H,30,31)(H,35,36)(H4,24,25,26). The number of carboxylic acid groups (broad SMARTS) is 2. The van der Waals surface area contributed by atoms with E-state index >= 15 is 0 Å². The van der Waals surface area contributed by atoms with E-state index in [0.29, 0.717) is 0 Å². The number of carbonyl (C=O) groups excluding carboxylic acids is 3. The van der Waals surface area contributed by atoms with Crippen LogP contribution in [0.4, 0.5) is 0 Å². The smallest absolute Gasteiger partial charge is 0.326 e. The van der Waals surface area contributed by atoms with Gasteiger partial charge in [0.15, 0.2) is 5.96 Å². The van der Waals surface area contributed by atoms with E-state index in [4.69, 9.17) is 17.2 Å². The van der Waals surface area contributed by atoms with Crippen LogP contribution in [0.25, 0.3) is 0 Å². The summed E-state index contributed by atoms with van der Waals surface area (Å²) in [5.74, 6) is -5.72. The number of hydrogen-bond acceptors (Lipinski definition) is 8. The van der Waals surface area contributed by atoms with Gasteiger partial charge in [-0.2, -0.15) is 12.6 Å². The molecule has 11 N–H and O–H groups in total. The summed E-state index contributed by atoms with van der Waals surface area (Å²) in [6.45, 7) is 0.118. The van der Waals surface area contributed by atoms with Gasteiger partial charge in [-0.25, -0.2) is 4.79 Å². The zero-order chi connectivity index (χ0) is 28.0. The molecule has 4 atom stereocenters. The monoisotopic (exact) mass is 539 g/mol. The first-order valence-electron chi connectivity index (χ1n) is 11.3. The third-order valence-electron chi connectivity index (χ3n) is 5.02. The topological polar surface area (TPSA) is 252 Å². The highest BCUT2D eigenvalue weighted by Gasteiger charge is 2.31. The molecule has 0 aliphatic rings. The van der Waals surface area contributed by atoms with Crippen LogP contribution in [-0.4, -0.2) is 82.3 Å². The summed E-state index contributed by atoms with van der Waals surface area (Å²) in [7, 11) is 0. The zero-order valence-electron chi connectivity index (χ0n) is 20.0. The summed E-state index contributed by atoms with van der Waals surface area (Å²) in [4.78, 5) is 64.4. The third-order valence-corrected chi connectivity index (χ3v) is 5.39. The minimum absolute atomic E-state index is 0.0553. The number of aliphatic carboxylic acids is 2. The largest absolute Gasteiger partial charge is 0.481 e. The van der Waals surface area contributed by atoms with E-state index in [1.165, 1.54) is 0 Å². The summed E-state index contributed by atoms with van der Waals surface area (Å²) in [6, 6.07) is 3.74. The van der Waals surface area contributed by atoms with Crippen molar-refractivity contribution < 1.29 is 34.2 Å². The highest BCUT2D eigenvalue weighted by atomic mass is 32.1. The molecule has 0 bridgehead atoms. The SMILES string of the molecule is NC(N)=NCCCC(NC(=O)C(CC(=O)O)NC(=O)C(CS)NC(=O)C(N)Cc1ccccc1)C(=O)O. The average Bonchev–Trinajstić information content (AvgIpc) is 2.83. The van der Waals surface area contributed by atoms with Crippen LogP contribution >= 0.6 is 12.6 Å². The normalized spacial score (nSPS) is 13.8. The maximum Gasteiger partial charge on any atom is 0.326 e. The second-order valence-corrected chi connectivity index (χ2v) is 8.41. The summed E-state index contributed by atoms with van der Waals surface area (Å²) in [6.07, 6.45) is -0.474. The number of nitrogens with one attached hydrogen (secondary N) is 3. The van der Waals surface area contributed by atoms with Crippen LogP contribution in [0.2, 0.25) is 0 Å². The van der Waals surface area contributed by atoms with E-state index in [-0.39, 0.29) is 37.5 Å². The summed E-state index contributed by atoms with van der Waals surface area (Å²) >= 11 is 4.05. The molecule has 4 unspecified atom stereocenters. The van der Waals surface area contributed by atoms with Crippen LogP contribution < -0.4 is 33.2 Å². The van der Waals surface area contributed by atoms with E-state index < -0.39 is 60.2 Å². The highest BCUT2D eigenvalue weighted by molar-refractivity contribution is 7.80. The molecule has 0 aliphatic heterocycles. The molecule has 1 aromatic rings. The molecular formula is C22H33N7O7S. The van der Waals surface area contributed by atoms with Gasteiger partial charge in [-0.15, -0.1) is 0 Å². The first-order chi connectivity index (χ1) is 17.4. The quantitative estimate of drug-likeness (QED) is 0.0464. The molecular weight excluding hydrogens is 506 g/mol. The fourth-order valence-corrected chi connectivity index (χ4v) is 3.38. The number of amides is 3. The van der Waals surface area contributed by atoms with Gasteiger partial charge >= 0.3 is 11.9 Å². The number of aliphatic imine (C=N–C) groups is 1. The molecule has 1 aromatic carbocycles. The van der Waals surface area contributed by atoms with Gasteiger partial charge in [0.05, 0.1) is 12.5 Å². The van der Waals surface area contributed by atoms with Gasteiger partial charge in [0, 0.05) is 12.3 Å². The molecule has 3 amide bonds. The Labute approximate surface area is 218 Å². The Balaban J connectivity index is 2.82. The highest BCUT2D eigenvalue weighted by Crippen LogP contribution is 2.04. The summed E-state index contributed by atoms with van der Waals surface area (Å²) in [5, 5.41) is 25.4. The number of benzene rings is 1. The average molecular weight is 540 g/mol. The Morgan fingerprint density at radius 3 is 2.00 bits per heavy atom. The van der Waals surface area contributed by atoms with Crippen molar-refractivity contribution >= 4 is 48.2 Å². The summed E-state index contributed by atoms with van der Waals surface area (Å²) < 4.78 is 0. The van der Waals surface area contributed by atoms with Crippen molar-refractivity contribution in [2.45, 2.75) is 49.9 Å².